The number of hydrogen-bond acceptors (Lipinski definition) is 1. The summed E-state index contributed by atoms with van der Waals surface area (Å²) in [5.41, 5.74) is 0. The highest BCUT2D eigenvalue weighted by Crippen LogP contribution is 2.29. The molecule has 0 heterocycles. The highest BCUT2D eigenvalue weighted by Gasteiger charge is 2.21. The zero-order chi connectivity index (χ0) is 7.49. The summed E-state index contributed by atoms with van der Waals surface area (Å²) in [7, 11) is 2.11. The van der Waals surface area contributed by atoms with Crippen molar-refractivity contribution in [3.05, 3.63) is 0 Å². The Morgan fingerprint density at radius 2 is 2.00 bits per heavy atom. The molecule has 0 amide bonds. The average molecular weight is 353 g/mol. The average Bonchev–Trinajstić information content (AvgIpc) is 1.65. The molecule has 0 unspecified atom stereocenters. The highest BCUT2D eigenvalue weighted by molar-refractivity contribution is 14.1. The number of rotatable bonds is 3. The summed E-state index contributed by atoms with van der Waals surface area (Å²) in [6, 6.07) is 0. The molecule has 0 aliphatic carbocycles. The van der Waals surface area contributed by atoms with Crippen LogP contribution in [0.15, 0.2) is 0 Å². The van der Waals surface area contributed by atoms with Gasteiger partial charge >= 0.3 is 0 Å². The Hall–Kier alpha value is 1.42. The monoisotopic (exact) mass is 353 g/mol. The van der Waals surface area contributed by atoms with E-state index in [2.05, 4.69) is 69.5 Å². The zero-order valence-corrected chi connectivity index (χ0v) is 10.4. The summed E-state index contributed by atoms with van der Waals surface area (Å²) >= 11 is 4.82. The van der Waals surface area contributed by atoms with Crippen LogP contribution < -0.4 is 0 Å². The van der Waals surface area contributed by atoms with Crippen LogP contribution in [0.1, 0.15) is 26.7 Å². The third-order valence-electron chi connectivity index (χ3n) is 1.35. The van der Waals surface area contributed by atoms with Gasteiger partial charge in [-0.05, 0) is 20.4 Å². The van der Waals surface area contributed by atoms with E-state index in [0.29, 0.717) is 3.55 Å². The van der Waals surface area contributed by atoms with E-state index in [0.717, 1.165) is 0 Å². The lowest BCUT2D eigenvalue weighted by atomic mass is 10.2. The second-order valence-electron chi connectivity index (χ2n) is 2.37. The van der Waals surface area contributed by atoms with Crippen molar-refractivity contribution in [3.63, 3.8) is 0 Å². The van der Waals surface area contributed by atoms with Gasteiger partial charge in [-0.15, -0.1) is 0 Å². The normalized spacial score (nSPS) is 18.0. The first kappa shape index (κ1) is 10.4. The van der Waals surface area contributed by atoms with Crippen molar-refractivity contribution in [2.75, 3.05) is 7.05 Å². The van der Waals surface area contributed by atoms with Gasteiger partial charge in [0.1, 0.15) is 0 Å². The molecule has 0 fully saturated rings. The Morgan fingerprint density at radius 3 is 2.11 bits per heavy atom. The molecule has 9 heavy (non-hydrogen) atoms. The van der Waals surface area contributed by atoms with Crippen molar-refractivity contribution in [1.29, 1.82) is 0 Å². The summed E-state index contributed by atoms with van der Waals surface area (Å²) in [5, 5.41) is 0. The predicted molar refractivity (Wildman–Crippen MR) is 59.1 cm³/mol. The molecule has 0 saturated carbocycles. The fraction of sp³-hybridized carbons (Fsp3) is 1.00. The minimum atomic E-state index is 0.340. The van der Waals surface area contributed by atoms with Gasteiger partial charge in [0, 0.05) is 22.9 Å². The standard InChI is InChI=1S/C6H13I2N/c1-4-5-6(2,7)9(3)8/h4-5H2,1-3H3/t6-/m0/s1. The van der Waals surface area contributed by atoms with E-state index in [1.54, 1.807) is 0 Å². The highest BCUT2D eigenvalue weighted by atomic mass is 127. The minimum Gasteiger partial charge on any atom is -0.235 e. The van der Waals surface area contributed by atoms with Gasteiger partial charge in [-0.25, -0.2) is 3.11 Å². The molecule has 0 radical (unpaired) electrons. The molecule has 0 aliphatic rings. The second-order valence-corrected chi connectivity index (χ2v) is 6.14. The quantitative estimate of drug-likeness (QED) is 0.326. The van der Waals surface area contributed by atoms with Crippen LogP contribution in [-0.4, -0.2) is 13.7 Å². The molecule has 0 aromatic rings. The lowest BCUT2D eigenvalue weighted by Crippen LogP contribution is -2.29. The van der Waals surface area contributed by atoms with Gasteiger partial charge in [0.05, 0.1) is 3.55 Å². The van der Waals surface area contributed by atoms with Gasteiger partial charge in [0.25, 0.3) is 0 Å². The van der Waals surface area contributed by atoms with E-state index in [-0.39, 0.29) is 0 Å². The topological polar surface area (TPSA) is 3.24 Å². The first-order valence-corrected chi connectivity index (χ1v) is 5.13. The zero-order valence-electron chi connectivity index (χ0n) is 6.12. The molecular formula is C6H13I2N. The van der Waals surface area contributed by atoms with Crippen molar-refractivity contribution in [3.8, 4) is 0 Å². The van der Waals surface area contributed by atoms with Gasteiger partial charge < -0.3 is 0 Å². The number of hydrogen-bond donors (Lipinski definition) is 0. The number of halogens is 2. The maximum Gasteiger partial charge on any atom is 0.0787 e. The molecule has 0 rings (SSSR count). The van der Waals surface area contributed by atoms with E-state index in [1.807, 2.05) is 0 Å². The van der Waals surface area contributed by atoms with E-state index in [4.69, 9.17) is 0 Å². The first-order chi connectivity index (χ1) is 4.00. The summed E-state index contributed by atoms with van der Waals surface area (Å²) in [5.74, 6) is 0. The van der Waals surface area contributed by atoms with E-state index >= 15 is 0 Å². The molecule has 0 aromatic carbocycles. The summed E-state index contributed by atoms with van der Waals surface area (Å²) in [6.07, 6.45) is 2.51. The molecule has 3 heteroatoms. The van der Waals surface area contributed by atoms with Gasteiger partial charge in [0.2, 0.25) is 0 Å². The van der Waals surface area contributed by atoms with Gasteiger partial charge in [-0.3, -0.25) is 0 Å². The molecule has 0 bridgehead atoms. The van der Waals surface area contributed by atoms with Crippen LogP contribution in [0, 0.1) is 0 Å². The van der Waals surface area contributed by atoms with Crippen LogP contribution in [0.5, 0.6) is 0 Å². The Balaban J connectivity index is 3.70. The SMILES string of the molecule is CCC[C@@](C)(I)N(C)I. The minimum absolute atomic E-state index is 0.340. The fourth-order valence-electron chi connectivity index (χ4n) is 0.610. The molecule has 0 saturated heterocycles. The number of alkyl halides is 1. The van der Waals surface area contributed by atoms with E-state index in [1.165, 1.54) is 12.8 Å². The summed E-state index contributed by atoms with van der Waals surface area (Å²) < 4.78 is 2.57. The van der Waals surface area contributed by atoms with Crippen LogP contribution in [0.3, 0.4) is 0 Å². The third kappa shape index (κ3) is 3.98. The smallest absolute Gasteiger partial charge is 0.0787 e. The Morgan fingerprint density at radius 1 is 1.56 bits per heavy atom. The first-order valence-electron chi connectivity index (χ1n) is 3.09. The van der Waals surface area contributed by atoms with E-state index < -0.39 is 0 Å². The predicted octanol–water partition coefficient (Wildman–Crippen LogP) is 3.22. The summed E-state index contributed by atoms with van der Waals surface area (Å²) in [4.78, 5) is 0. The number of nitrogens with zero attached hydrogens (tertiary/aromatic N) is 1. The Bertz CT molecular complexity index is 81.1. The summed E-state index contributed by atoms with van der Waals surface area (Å²) in [6.45, 7) is 4.47. The maximum atomic E-state index is 2.48. The molecule has 0 spiro atoms. The van der Waals surface area contributed by atoms with Crippen molar-refractivity contribution in [2.24, 2.45) is 0 Å². The van der Waals surface area contributed by atoms with Crippen LogP contribution in [0.25, 0.3) is 0 Å². The molecule has 0 aromatic heterocycles. The molecule has 56 valence electrons. The Kier molecular flexibility index (Phi) is 5.01. The van der Waals surface area contributed by atoms with Gasteiger partial charge in [-0.1, -0.05) is 35.9 Å². The second kappa shape index (κ2) is 4.33. The maximum absolute atomic E-state index is 2.48. The van der Waals surface area contributed by atoms with Gasteiger partial charge in [-0.2, -0.15) is 0 Å². The molecule has 1 atom stereocenters. The van der Waals surface area contributed by atoms with E-state index in [9.17, 15) is 0 Å². The van der Waals surface area contributed by atoms with Crippen LogP contribution in [0.4, 0.5) is 0 Å². The lowest BCUT2D eigenvalue weighted by molar-refractivity contribution is 0.415. The molecule has 0 aliphatic heterocycles. The van der Waals surface area contributed by atoms with Crippen molar-refractivity contribution >= 4 is 45.5 Å². The lowest BCUT2D eigenvalue weighted by Gasteiger charge is -2.27. The molecular weight excluding hydrogens is 340 g/mol. The third-order valence-corrected chi connectivity index (χ3v) is 4.60. The molecule has 0 N–H and O–H groups in total. The Labute approximate surface area is 85.2 Å². The largest absolute Gasteiger partial charge is 0.235 e. The van der Waals surface area contributed by atoms with Gasteiger partial charge in [0.15, 0.2) is 0 Å². The van der Waals surface area contributed by atoms with Crippen LogP contribution in [-0.2, 0) is 0 Å². The van der Waals surface area contributed by atoms with Crippen LogP contribution >= 0.6 is 45.5 Å². The molecule has 1 nitrogen and oxygen atoms in total. The van der Waals surface area contributed by atoms with Crippen molar-refractivity contribution in [1.82, 2.24) is 3.11 Å². The van der Waals surface area contributed by atoms with Crippen LogP contribution in [0.2, 0.25) is 0 Å². The van der Waals surface area contributed by atoms with Crippen molar-refractivity contribution < 1.29 is 0 Å². The fourth-order valence-corrected chi connectivity index (χ4v) is 1.39. The van der Waals surface area contributed by atoms with Crippen molar-refractivity contribution in [2.45, 2.75) is 30.2 Å².